The van der Waals surface area contributed by atoms with Gasteiger partial charge in [-0.1, -0.05) is 13.0 Å². The van der Waals surface area contributed by atoms with Crippen molar-refractivity contribution in [1.82, 2.24) is 5.32 Å². The van der Waals surface area contributed by atoms with Crippen LogP contribution >= 0.6 is 11.8 Å². The maximum atomic E-state index is 13.0. The highest BCUT2D eigenvalue weighted by molar-refractivity contribution is 8.00. The van der Waals surface area contributed by atoms with E-state index in [1.54, 1.807) is 6.07 Å². The molecule has 7 heteroatoms. The van der Waals surface area contributed by atoms with E-state index in [9.17, 15) is 18.0 Å². The van der Waals surface area contributed by atoms with Gasteiger partial charge in [-0.25, -0.2) is 0 Å². The Balaban J connectivity index is 2.93. The summed E-state index contributed by atoms with van der Waals surface area (Å²) in [6, 6.07) is 4.08. The number of hydrogen-bond acceptors (Lipinski definition) is 4. The van der Waals surface area contributed by atoms with Gasteiger partial charge in [-0.05, 0) is 24.2 Å². The third kappa shape index (κ3) is 5.05. The van der Waals surface area contributed by atoms with Gasteiger partial charge in [0.25, 0.3) is 0 Å². The molecule has 0 amide bonds. The number of ether oxygens (including phenoxy) is 1. The molecular formula is C13H16F3NO2S. The maximum absolute atomic E-state index is 13.0. The van der Waals surface area contributed by atoms with Crippen LogP contribution in [-0.4, -0.2) is 25.4 Å². The SMILES string of the molecule is CCNCc1ccc(SCC(=O)OC)cc1C(F)(F)F. The number of benzene rings is 1. The number of esters is 1. The fourth-order valence-corrected chi connectivity index (χ4v) is 2.29. The van der Waals surface area contributed by atoms with E-state index >= 15 is 0 Å². The summed E-state index contributed by atoms with van der Waals surface area (Å²) in [7, 11) is 1.24. The van der Waals surface area contributed by atoms with E-state index in [0.717, 1.165) is 17.8 Å². The van der Waals surface area contributed by atoms with Crippen molar-refractivity contribution in [3.05, 3.63) is 29.3 Å². The number of methoxy groups -OCH3 is 1. The van der Waals surface area contributed by atoms with Crippen molar-refractivity contribution in [1.29, 1.82) is 0 Å². The molecule has 0 unspecified atom stereocenters. The van der Waals surface area contributed by atoms with Crippen LogP contribution in [0.1, 0.15) is 18.1 Å². The topological polar surface area (TPSA) is 38.3 Å². The van der Waals surface area contributed by atoms with E-state index in [4.69, 9.17) is 0 Å². The molecular weight excluding hydrogens is 291 g/mol. The average Bonchev–Trinajstić information content (AvgIpc) is 2.41. The highest BCUT2D eigenvalue weighted by atomic mass is 32.2. The molecule has 0 heterocycles. The number of nitrogens with one attached hydrogen (secondary N) is 1. The van der Waals surface area contributed by atoms with E-state index in [-0.39, 0.29) is 17.9 Å². The van der Waals surface area contributed by atoms with Gasteiger partial charge in [0.05, 0.1) is 18.4 Å². The molecule has 0 atom stereocenters. The summed E-state index contributed by atoms with van der Waals surface area (Å²) in [6.07, 6.45) is -4.41. The molecule has 0 saturated carbocycles. The van der Waals surface area contributed by atoms with Crippen LogP contribution in [0.3, 0.4) is 0 Å². The van der Waals surface area contributed by atoms with Crippen molar-refractivity contribution in [2.75, 3.05) is 19.4 Å². The fraction of sp³-hybridized carbons (Fsp3) is 0.462. The number of carbonyl (C=O) groups is 1. The summed E-state index contributed by atoms with van der Waals surface area (Å²) < 4.78 is 43.4. The van der Waals surface area contributed by atoms with E-state index < -0.39 is 17.7 Å². The molecule has 0 aliphatic heterocycles. The highest BCUT2D eigenvalue weighted by Crippen LogP contribution is 2.34. The van der Waals surface area contributed by atoms with E-state index in [1.165, 1.54) is 13.2 Å². The predicted octanol–water partition coefficient (Wildman–Crippen LogP) is 3.08. The molecule has 1 rings (SSSR count). The van der Waals surface area contributed by atoms with Crippen LogP contribution in [0.5, 0.6) is 0 Å². The molecule has 112 valence electrons. The lowest BCUT2D eigenvalue weighted by Crippen LogP contribution is -2.17. The van der Waals surface area contributed by atoms with Crippen LogP contribution < -0.4 is 5.32 Å². The molecule has 0 fully saturated rings. The lowest BCUT2D eigenvalue weighted by molar-refractivity contribution is -0.138. The summed E-state index contributed by atoms with van der Waals surface area (Å²) in [4.78, 5) is 11.4. The summed E-state index contributed by atoms with van der Waals surface area (Å²) in [5.74, 6) is -0.485. The number of carbonyl (C=O) groups excluding carboxylic acids is 1. The van der Waals surface area contributed by atoms with Gasteiger partial charge in [-0.2, -0.15) is 13.2 Å². The number of hydrogen-bond donors (Lipinski definition) is 1. The molecule has 0 aliphatic rings. The molecule has 0 saturated heterocycles. The van der Waals surface area contributed by atoms with Crippen LogP contribution in [0.15, 0.2) is 23.1 Å². The minimum Gasteiger partial charge on any atom is -0.468 e. The first-order chi connectivity index (χ1) is 9.38. The van der Waals surface area contributed by atoms with Gasteiger partial charge >= 0.3 is 12.1 Å². The first kappa shape index (κ1) is 16.8. The van der Waals surface area contributed by atoms with Gasteiger partial charge in [-0.15, -0.1) is 11.8 Å². The Kier molecular flexibility index (Phi) is 6.35. The Morgan fingerprint density at radius 2 is 2.10 bits per heavy atom. The zero-order chi connectivity index (χ0) is 15.2. The zero-order valence-electron chi connectivity index (χ0n) is 11.2. The second-order valence-electron chi connectivity index (χ2n) is 3.96. The number of thioether (sulfide) groups is 1. The lowest BCUT2D eigenvalue weighted by atomic mass is 10.1. The third-order valence-corrected chi connectivity index (χ3v) is 3.50. The van der Waals surface area contributed by atoms with Crippen molar-refractivity contribution in [2.45, 2.75) is 24.5 Å². The number of rotatable bonds is 6. The van der Waals surface area contributed by atoms with E-state index in [2.05, 4.69) is 10.1 Å². The van der Waals surface area contributed by atoms with Crippen molar-refractivity contribution in [2.24, 2.45) is 0 Å². The summed E-state index contributed by atoms with van der Waals surface area (Å²) in [5.41, 5.74) is -0.477. The molecule has 0 spiro atoms. The fourth-order valence-electron chi connectivity index (χ4n) is 1.52. The number of halogens is 3. The third-order valence-electron chi connectivity index (χ3n) is 2.54. The Morgan fingerprint density at radius 3 is 2.65 bits per heavy atom. The quantitative estimate of drug-likeness (QED) is 0.647. The number of alkyl halides is 3. The average molecular weight is 307 g/mol. The molecule has 0 aromatic heterocycles. The van der Waals surface area contributed by atoms with Crippen LogP contribution in [0.25, 0.3) is 0 Å². The van der Waals surface area contributed by atoms with Gasteiger partial charge in [0.2, 0.25) is 0 Å². The Hall–Kier alpha value is -1.21. The van der Waals surface area contributed by atoms with Crippen LogP contribution in [0, 0.1) is 0 Å². The zero-order valence-corrected chi connectivity index (χ0v) is 12.0. The molecule has 0 aliphatic carbocycles. The van der Waals surface area contributed by atoms with E-state index in [1.807, 2.05) is 6.92 Å². The van der Waals surface area contributed by atoms with Gasteiger partial charge < -0.3 is 10.1 Å². The van der Waals surface area contributed by atoms with E-state index in [0.29, 0.717) is 11.4 Å². The van der Waals surface area contributed by atoms with Crippen LogP contribution in [0.4, 0.5) is 13.2 Å². The molecule has 1 N–H and O–H groups in total. The minimum atomic E-state index is -4.41. The molecule has 20 heavy (non-hydrogen) atoms. The normalized spacial score (nSPS) is 11.4. The Bertz CT molecular complexity index is 463. The second kappa shape index (κ2) is 7.54. The van der Waals surface area contributed by atoms with Gasteiger partial charge in [0.1, 0.15) is 0 Å². The van der Waals surface area contributed by atoms with Crippen molar-refractivity contribution in [3.63, 3.8) is 0 Å². The first-order valence-corrected chi connectivity index (χ1v) is 6.97. The van der Waals surface area contributed by atoms with Crippen LogP contribution in [0.2, 0.25) is 0 Å². The second-order valence-corrected chi connectivity index (χ2v) is 5.01. The maximum Gasteiger partial charge on any atom is 0.416 e. The molecule has 0 radical (unpaired) electrons. The van der Waals surface area contributed by atoms with Gasteiger partial charge in [-0.3, -0.25) is 4.79 Å². The minimum absolute atomic E-state index is 0.0135. The highest BCUT2D eigenvalue weighted by Gasteiger charge is 2.33. The van der Waals surface area contributed by atoms with Crippen molar-refractivity contribution in [3.8, 4) is 0 Å². The van der Waals surface area contributed by atoms with Gasteiger partial charge in [0, 0.05) is 11.4 Å². The predicted molar refractivity (Wildman–Crippen MR) is 71.6 cm³/mol. The molecule has 1 aromatic carbocycles. The standard InChI is InChI=1S/C13H16F3NO2S/c1-3-17-7-9-4-5-10(20-8-12(18)19-2)6-11(9)13(14,15)16/h4-6,17H,3,7-8H2,1-2H3. The monoisotopic (exact) mass is 307 g/mol. The Labute approximate surface area is 119 Å². The lowest BCUT2D eigenvalue weighted by Gasteiger charge is -2.14. The first-order valence-electron chi connectivity index (χ1n) is 5.99. The summed E-state index contributed by atoms with van der Waals surface area (Å²) in [6.45, 7) is 2.58. The van der Waals surface area contributed by atoms with Crippen molar-refractivity contribution < 1.29 is 22.7 Å². The molecule has 1 aromatic rings. The summed E-state index contributed by atoms with van der Waals surface area (Å²) in [5, 5.41) is 2.87. The van der Waals surface area contributed by atoms with Crippen LogP contribution in [-0.2, 0) is 22.3 Å². The largest absolute Gasteiger partial charge is 0.468 e. The smallest absolute Gasteiger partial charge is 0.416 e. The molecule has 0 bridgehead atoms. The molecule has 3 nitrogen and oxygen atoms in total. The van der Waals surface area contributed by atoms with Crippen molar-refractivity contribution >= 4 is 17.7 Å². The Morgan fingerprint density at radius 1 is 1.40 bits per heavy atom. The summed E-state index contributed by atoms with van der Waals surface area (Å²) >= 11 is 1.02. The van der Waals surface area contributed by atoms with Gasteiger partial charge in [0.15, 0.2) is 0 Å².